The number of rotatable bonds is 8. The molecule has 3 aromatic carbocycles. The molecule has 14 heteroatoms. The molecular weight excluding hydrogens is 580 g/mol. The average Bonchev–Trinajstić information content (AvgIpc) is 2.96. The number of carboxylic acids is 1. The second kappa shape index (κ2) is 14.1. The number of anilines is 2. The predicted octanol–water partition coefficient (Wildman–Crippen LogP) is 4.33. The minimum atomic E-state index is -5.08. The van der Waals surface area contributed by atoms with E-state index in [9.17, 15) is 30.8 Å². The Morgan fingerprint density at radius 1 is 1.00 bits per heavy atom. The summed E-state index contributed by atoms with van der Waals surface area (Å²) < 4.78 is 73.9. The molecule has 1 fully saturated rings. The molecule has 42 heavy (non-hydrogen) atoms. The van der Waals surface area contributed by atoms with Crippen LogP contribution in [0.2, 0.25) is 0 Å². The van der Waals surface area contributed by atoms with Crippen molar-refractivity contribution in [3.63, 3.8) is 0 Å². The lowest BCUT2D eigenvalue weighted by Gasteiger charge is -2.31. The van der Waals surface area contributed by atoms with Gasteiger partial charge in [0.1, 0.15) is 5.82 Å². The van der Waals surface area contributed by atoms with Gasteiger partial charge in [0, 0.05) is 44.8 Å². The molecule has 0 atom stereocenters. The summed E-state index contributed by atoms with van der Waals surface area (Å²) >= 11 is 0. The van der Waals surface area contributed by atoms with Gasteiger partial charge in [-0.15, -0.1) is 0 Å². The van der Waals surface area contributed by atoms with Crippen LogP contribution in [0.4, 0.5) is 28.9 Å². The highest BCUT2D eigenvalue weighted by atomic mass is 32.2. The molecule has 1 saturated heterocycles. The van der Waals surface area contributed by atoms with Crippen molar-refractivity contribution in [3.05, 3.63) is 89.7 Å². The first kappa shape index (κ1) is 32.3. The molecule has 9 nitrogen and oxygen atoms in total. The van der Waals surface area contributed by atoms with Crippen LogP contribution < -0.4 is 14.9 Å². The minimum Gasteiger partial charge on any atom is -0.475 e. The summed E-state index contributed by atoms with van der Waals surface area (Å²) in [5, 5.41) is 10.4. The van der Waals surface area contributed by atoms with E-state index in [-0.39, 0.29) is 10.8 Å². The Balaban J connectivity index is 0.000000616. The van der Waals surface area contributed by atoms with Gasteiger partial charge in [0.25, 0.3) is 15.9 Å². The highest BCUT2D eigenvalue weighted by molar-refractivity contribution is 7.92. The highest BCUT2D eigenvalue weighted by Crippen LogP contribution is 2.30. The van der Waals surface area contributed by atoms with E-state index >= 15 is 0 Å². The fourth-order valence-corrected chi connectivity index (χ4v) is 5.13. The molecule has 3 aromatic rings. The lowest BCUT2D eigenvalue weighted by atomic mass is 10.1. The molecule has 0 unspecified atom stereocenters. The Bertz CT molecular complexity index is 1460. The third-order valence-corrected chi connectivity index (χ3v) is 7.58. The summed E-state index contributed by atoms with van der Waals surface area (Å²) in [7, 11) is -3.99. The number of nitrogens with one attached hydrogen (secondary N) is 2. The molecule has 4 rings (SSSR count). The van der Waals surface area contributed by atoms with Gasteiger partial charge < -0.3 is 20.2 Å². The number of hydrogen-bond acceptors (Lipinski definition) is 6. The number of piperazine rings is 1. The van der Waals surface area contributed by atoms with Gasteiger partial charge in [-0.25, -0.2) is 17.6 Å². The van der Waals surface area contributed by atoms with Crippen LogP contribution in [0, 0.1) is 5.82 Å². The van der Waals surface area contributed by atoms with Gasteiger partial charge in [0.05, 0.1) is 16.3 Å². The Labute approximate surface area is 240 Å². The lowest BCUT2D eigenvalue weighted by Crippen LogP contribution is -2.43. The zero-order valence-electron chi connectivity index (χ0n) is 22.6. The molecule has 0 radical (unpaired) electrons. The zero-order valence-corrected chi connectivity index (χ0v) is 23.4. The number of alkyl halides is 3. The fourth-order valence-electron chi connectivity index (χ4n) is 4.06. The van der Waals surface area contributed by atoms with Crippen LogP contribution >= 0.6 is 0 Å². The van der Waals surface area contributed by atoms with E-state index in [0.717, 1.165) is 30.8 Å². The van der Waals surface area contributed by atoms with Crippen molar-refractivity contribution in [1.29, 1.82) is 0 Å². The van der Waals surface area contributed by atoms with E-state index in [1.54, 1.807) is 23.1 Å². The molecule has 0 bridgehead atoms. The summed E-state index contributed by atoms with van der Waals surface area (Å²) in [6.45, 7) is 5.81. The number of halogens is 4. The van der Waals surface area contributed by atoms with Crippen molar-refractivity contribution < 1.29 is 40.7 Å². The molecule has 0 aromatic heterocycles. The molecule has 0 saturated carbocycles. The molecule has 226 valence electrons. The van der Waals surface area contributed by atoms with Gasteiger partial charge in [-0.3, -0.25) is 9.52 Å². The highest BCUT2D eigenvalue weighted by Gasteiger charge is 2.38. The molecule has 3 N–H and O–H groups in total. The maximum atomic E-state index is 13.4. The predicted molar refractivity (Wildman–Crippen MR) is 149 cm³/mol. The summed E-state index contributed by atoms with van der Waals surface area (Å²) in [4.78, 5) is 26.0. The van der Waals surface area contributed by atoms with E-state index < -0.39 is 28.0 Å². The standard InChI is InChI=1S/C26H29FN4O3S.C2HF3O2/c1-2-30(19-20-6-4-3-5-7-20)26(32)21-8-13-25(31-16-14-28-15-17-31)24(18-21)29-35(33,34)23-11-9-22(27)10-12-23;3-2(4,5)1(6)7/h3-13,18,28-29H,2,14-17,19H2,1H3;(H,6,7). The number of carbonyl (C=O) groups is 2. The minimum absolute atomic E-state index is 0.0545. The van der Waals surface area contributed by atoms with Crippen LogP contribution in [0.5, 0.6) is 0 Å². The van der Waals surface area contributed by atoms with Crippen LogP contribution in [0.3, 0.4) is 0 Å². The van der Waals surface area contributed by atoms with Crippen LogP contribution in [-0.2, 0) is 21.4 Å². The monoisotopic (exact) mass is 610 g/mol. The van der Waals surface area contributed by atoms with Gasteiger partial charge in [-0.05, 0) is 55.0 Å². The Morgan fingerprint density at radius 3 is 2.14 bits per heavy atom. The van der Waals surface area contributed by atoms with Crippen LogP contribution in [0.15, 0.2) is 77.7 Å². The summed E-state index contributed by atoms with van der Waals surface area (Å²) in [5.74, 6) is -3.46. The number of sulfonamides is 1. The van der Waals surface area contributed by atoms with Gasteiger partial charge in [0.15, 0.2) is 0 Å². The maximum absolute atomic E-state index is 13.4. The zero-order chi connectivity index (χ0) is 30.9. The van der Waals surface area contributed by atoms with Crippen molar-refractivity contribution in [2.24, 2.45) is 0 Å². The van der Waals surface area contributed by atoms with E-state index in [1.165, 1.54) is 12.1 Å². The summed E-state index contributed by atoms with van der Waals surface area (Å²) in [6, 6.07) is 19.5. The number of nitrogens with zero attached hydrogens (tertiary/aromatic N) is 2. The largest absolute Gasteiger partial charge is 0.490 e. The van der Waals surface area contributed by atoms with Crippen LogP contribution in [-0.4, -0.2) is 69.2 Å². The molecule has 0 spiro atoms. The van der Waals surface area contributed by atoms with E-state index in [0.29, 0.717) is 43.1 Å². The fraction of sp³-hybridized carbons (Fsp3) is 0.286. The maximum Gasteiger partial charge on any atom is 0.490 e. The molecule has 1 aliphatic rings. The van der Waals surface area contributed by atoms with E-state index in [2.05, 4.69) is 14.9 Å². The summed E-state index contributed by atoms with van der Waals surface area (Å²) in [6.07, 6.45) is -5.08. The first-order valence-corrected chi connectivity index (χ1v) is 14.3. The third kappa shape index (κ3) is 8.91. The van der Waals surface area contributed by atoms with Crippen molar-refractivity contribution in [1.82, 2.24) is 10.2 Å². The topological polar surface area (TPSA) is 119 Å². The quantitative estimate of drug-likeness (QED) is 0.325. The second-order valence-electron chi connectivity index (χ2n) is 9.14. The van der Waals surface area contributed by atoms with Crippen molar-refractivity contribution in [2.45, 2.75) is 24.5 Å². The van der Waals surface area contributed by atoms with Crippen molar-refractivity contribution in [3.8, 4) is 0 Å². The summed E-state index contributed by atoms with van der Waals surface area (Å²) in [5.41, 5.74) is 2.41. The molecule has 0 aliphatic carbocycles. The SMILES string of the molecule is CCN(Cc1ccccc1)C(=O)c1ccc(N2CCNCC2)c(NS(=O)(=O)c2ccc(F)cc2)c1.O=C(O)C(F)(F)F. The number of amides is 1. The van der Waals surface area contributed by atoms with Gasteiger partial charge in [-0.2, -0.15) is 13.2 Å². The van der Waals surface area contributed by atoms with E-state index in [4.69, 9.17) is 9.90 Å². The number of benzene rings is 3. The van der Waals surface area contributed by atoms with Crippen LogP contribution in [0.1, 0.15) is 22.8 Å². The third-order valence-electron chi connectivity index (χ3n) is 6.20. The number of carbonyl (C=O) groups excluding carboxylic acids is 1. The van der Waals surface area contributed by atoms with E-state index in [1.807, 2.05) is 37.3 Å². The Hall–Kier alpha value is -4.17. The molecule has 1 heterocycles. The Kier molecular flexibility index (Phi) is 10.9. The van der Waals surface area contributed by atoms with Gasteiger partial charge >= 0.3 is 12.1 Å². The second-order valence-corrected chi connectivity index (χ2v) is 10.8. The van der Waals surface area contributed by atoms with Crippen molar-refractivity contribution in [2.75, 3.05) is 42.3 Å². The smallest absolute Gasteiger partial charge is 0.475 e. The first-order valence-electron chi connectivity index (χ1n) is 12.8. The molecular formula is C28H30F4N4O5S. The number of hydrogen-bond donors (Lipinski definition) is 3. The normalized spacial score (nSPS) is 13.5. The number of carboxylic acid groups (broad SMARTS) is 1. The molecule has 1 aliphatic heterocycles. The van der Waals surface area contributed by atoms with Crippen molar-refractivity contribution >= 4 is 33.3 Å². The lowest BCUT2D eigenvalue weighted by molar-refractivity contribution is -0.192. The van der Waals surface area contributed by atoms with Crippen LogP contribution in [0.25, 0.3) is 0 Å². The average molecular weight is 611 g/mol. The van der Waals surface area contributed by atoms with Gasteiger partial charge in [-0.1, -0.05) is 30.3 Å². The van der Waals surface area contributed by atoms with Gasteiger partial charge in [0.2, 0.25) is 0 Å². The Morgan fingerprint density at radius 2 is 1.60 bits per heavy atom. The number of aliphatic carboxylic acids is 1. The first-order chi connectivity index (χ1) is 19.8. The molecule has 1 amide bonds.